The van der Waals surface area contributed by atoms with Gasteiger partial charge in [-0.05, 0) is 60.1 Å². The highest BCUT2D eigenvalue weighted by Gasteiger charge is 2.17. The SMILES string of the molecule is COC(=O)CC/C=C\c1ccc2nc(CC(C)C)c(CN)c(-c3ccc(C)cc3)c2c1. The topological polar surface area (TPSA) is 65.2 Å². The first-order valence-electron chi connectivity index (χ1n) is 10.9. The van der Waals surface area contributed by atoms with E-state index in [2.05, 4.69) is 63.2 Å². The van der Waals surface area contributed by atoms with Gasteiger partial charge in [-0.25, -0.2) is 0 Å². The Labute approximate surface area is 185 Å². The van der Waals surface area contributed by atoms with Gasteiger partial charge in [0, 0.05) is 24.0 Å². The maximum absolute atomic E-state index is 11.3. The molecular formula is C27H32N2O2. The zero-order chi connectivity index (χ0) is 22.4. The summed E-state index contributed by atoms with van der Waals surface area (Å²) in [5, 5.41) is 1.10. The summed E-state index contributed by atoms with van der Waals surface area (Å²) in [5.74, 6) is 0.303. The first-order valence-corrected chi connectivity index (χ1v) is 10.9. The Balaban J connectivity index is 2.12. The van der Waals surface area contributed by atoms with Crippen molar-refractivity contribution in [3.63, 3.8) is 0 Å². The number of hydrogen-bond acceptors (Lipinski definition) is 4. The molecule has 0 fully saturated rings. The fraction of sp³-hybridized carbons (Fsp3) is 0.333. The van der Waals surface area contributed by atoms with E-state index in [0.29, 0.717) is 25.3 Å². The van der Waals surface area contributed by atoms with Crippen LogP contribution in [0.25, 0.3) is 28.1 Å². The van der Waals surface area contributed by atoms with Crippen LogP contribution in [0.1, 0.15) is 49.1 Å². The molecule has 0 saturated carbocycles. The number of methoxy groups -OCH3 is 1. The molecule has 0 unspecified atom stereocenters. The average molecular weight is 417 g/mol. The Morgan fingerprint density at radius 2 is 1.90 bits per heavy atom. The van der Waals surface area contributed by atoms with Crippen molar-refractivity contribution in [2.75, 3.05) is 7.11 Å². The number of nitrogens with zero attached hydrogens (tertiary/aromatic N) is 1. The highest BCUT2D eigenvalue weighted by molar-refractivity contribution is 5.97. The number of benzene rings is 2. The lowest BCUT2D eigenvalue weighted by Crippen LogP contribution is -2.10. The molecule has 4 heteroatoms. The number of rotatable bonds is 8. The van der Waals surface area contributed by atoms with Crippen LogP contribution in [0.2, 0.25) is 0 Å². The minimum Gasteiger partial charge on any atom is -0.469 e. The van der Waals surface area contributed by atoms with Gasteiger partial charge in [-0.1, -0.05) is 61.9 Å². The first-order chi connectivity index (χ1) is 14.9. The van der Waals surface area contributed by atoms with Crippen LogP contribution >= 0.6 is 0 Å². The van der Waals surface area contributed by atoms with Crippen LogP contribution in [0.4, 0.5) is 0 Å². The van der Waals surface area contributed by atoms with Crippen LogP contribution < -0.4 is 5.73 Å². The van der Waals surface area contributed by atoms with E-state index in [9.17, 15) is 4.79 Å². The van der Waals surface area contributed by atoms with Crippen LogP contribution in [0, 0.1) is 12.8 Å². The van der Waals surface area contributed by atoms with E-state index >= 15 is 0 Å². The van der Waals surface area contributed by atoms with E-state index in [1.165, 1.54) is 18.2 Å². The smallest absolute Gasteiger partial charge is 0.305 e. The molecule has 0 atom stereocenters. The third-order valence-corrected chi connectivity index (χ3v) is 5.39. The number of ether oxygens (including phenoxy) is 1. The number of pyridine rings is 1. The highest BCUT2D eigenvalue weighted by Crippen LogP contribution is 2.35. The largest absolute Gasteiger partial charge is 0.469 e. The van der Waals surface area contributed by atoms with E-state index in [1.54, 1.807) is 0 Å². The van der Waals surface area contributed by atoms with Crippen LogP contribution in [-0.4, -0.2) is 18.1 Å². The maximum Gasteiger partial charge on any atom is 0.305 e. The second-order valence-corrected chi connectivity index (χ2v) is 8.37. The molecule has 4 nitrogen and oxygen atoms in total. The molecule has 2 aromatic carbocycles. The summed E-state index contributed by atoms with van der Waals surface area (Å²) in [6.45, 7) is 6.97. The van der Waals surface area contributed by atoms with Gasteiger partial charge in [-0.2, -0.15) is 0 Å². The second kappa shape index (κ2) is 10.4. The molecule has 0 aliphatic carbocycles. The Morgan fingerprint density at radius 3 is 2.55 bits per heavy atom. The highest BCUT2D eigenvalue weighted by atomic mass is 16.5. The van der Waals surface area contributed by atoms with Gasteiger partial charge in [0.25, 0.3) is 0 Å². The van der Waals surface area contributed by atoms with Crippen LogP contribution in [-0.2, 0) is 22.5 Å². The normalized spacial score (nSPS) is 11.5. The fourth-order valence-electron chi connectivity index (χ4n) is 3.82. The van der Waals surface area contributed by atoms with E-state index in [1.807, 2.05) is 12.2 Å². The average Bonchev–Trinajstić information content (AvgIpc) is 2.76. The van der Waals surface area contributed by atoms with Crippen LogP contribution in [0.3, 0.4) is 0 Å². The van der Waals surface area contributed by atoms with Crippen LogP contribution in [0.15, 0.2) is 48.5 Å². The number of hydrogen-bond donors (Lipinski definition) is 1. The zero-order valence-electron chi connectivity index (χ0n) is 18.9. The quantitative estimate of drug-likeness (QED) is 0.469. The summed E-state index contributed by atoms with van der Waals surface area (Å²) in [7, 11) is 1.41. The van der Waals surface area contributed by atoms with Crippen molar-refractivity contribution in [2.45, 2.75) is 46.6 Å². The van der Waals surface area contributed by atoms with Gasteiger partial charge < -0.3 is 10.5 Å². The third kappa shape index (κ3) is 5.59. The number of carbonyl (C=O) groups is 1. The lowest BCUT2D eigenvalue weighted by molar-refractivity contribution is -0.140. The Morgan fingerprint density at radius 1 is 1.16 bits per heavy atom. The van der Waals surface area contributed by atoms with Crippen molar-refractivity contribution in [1.82, 2.24) is 4.98 Å². The Kier molecular flexibility index (Phi) is 7.59. The summed E-state index contributed by atoms with van der Waals surface area (Å²) >= 11 is 0. The maximum atomic E-state index is 11.3. The van der Waals surface area contributed by atoms with E-state index in [4.69, 9.17) is 15.5 Å². The molecule has 1 heterocycles. The fourth-order valence-corrected chi connectivity index (χ4v) is 3.82. The van der Waals surface area contributed by atoms with Gasteiger partial charge in [-0.3, -0.25) is 9.78 Å². The molecule has 3 aromatic rings. The molecule has 162 valence electrons. The van der Waals surface area contributed by atoms with Crippen molar-refractivity contribution in [1.29, 1.82) is 0 Å². The summed E-state index contributed by atoms with van der Waals surface area (Å²) in [5.41, 5.74) is 14.1. The summed E-state index contributed by atoms with van der Waals surface area (Å²) in [6.07, 6.45) is 5.98. The lowest BCUT2D eigenvalue weighted by Gasteiger charge is -2.18. The van der Waals surface area contributed by atoms with Crippen molar-refractivity contribution in [3.8, 4) is 11.1 Å². The van der Waals surface area contributed by atoms with E-state index < -0.39 is 0 Å². The van der Waals surface area contributed by atoms with Gasteiger partial charge in [0.05, 0.1) is 12.6 Å². The van der Waals surface area contributed by atoms with Crippen LogP contribution in [0.5, 0.6) is 0 Å². The standard InChI is InChI=1S/C27H32N2O2/c1-18(2)15-25-23(17-28)27(21-12-9-19(3)10-13-21)22-16-20(11-14-24(22)29-25)7-5-6-8-26(30)31-4/h5,7,9-14,16,18H,6,8,15,17,28H2,1-4H3/b7-5-. The predicted octanol–water partition coefficient (Wildman–Crippen LogP) is 5.83. The lowest BCUT2D eigenvalue weighted by atomic mass is 9.90. The number of aryl methyl sites for hydroxylation is 1. The molecule has 0 aliphatic heterocycles. The predicted molar refractivity (Wildman–Crippen MR) is 129 cm³/mol. The summed E-state index contributed by atoms with van der Waals surface area (Å²) in [6, 6.07) is 14.9. The number of esters is 1. The van der Waals surface area contributed by atoms with E-state index in [-0.39, 0.29) is 5.97 Å². The van der Waals surface area contributed by atoms with Gasteiger partial charge in [0.2, 0.25) is 0 Å². The minimum absolute atomic E-state index is 0.195. The molecule has 0 spiro atoms. The summed E-state index contributed by atoms with van der Waals surface area (Å²) < 4.78 is 4.70. The van der Waals surface area contributed by atoms with Gasteiger partial charge in [0.1, 0.15) is 0 Å². The van der Waals surface area contributed by atoms with Gasteiger partial charge >= 0.3 is 5.97 Å². The van der Waals surface area contributed by atoms with Gasteiger partial charge in [0.15, 0.2) is 0 Å². The molecule has 0 saturated heterocycles. The van der Waals surface area contributed by atoms with Crippen molar-refractivity contribution < 1.29 is 9.53 Å². The van der Waals surface area contributed by atoms with Gasteiger partial charge in [-0.15, -0.1) is 0 Å². The molecular weight excluding hydrogens is 384 g/mol. The molecule has 0 radical (unpaired) electrons. The monoisotopic (exact) mass is 416 g/mol. The number of allylic oxidation sites excluding steroid dienone is 1. The molecule has 0 amide bonds. The molecule has 0 aliphatic rings. The summed E-state index contributed by atoms with van der Waals surface area (Å²) in [4.78, 5) is 16.3. The number of nitrogens with two attached hydrogens (primary N) is 1. The number of aromatic nitrogens is 1. The van der Waals surface area contributed by atoms with Crippen molar-refractivity contribution >= 4 is 22.9 Å². The Hall–Kier alpha value is -2.98. The van der Waals surface area contributed by atoms with Crippen molar-refractivity contribution in [2.24, 2.45) is 11.7 Å². The second-order valence-electron chi connectivity index (χ2n) is 8.37. The minimum atomic E-state index is -0.195. The number of fused-ring (bicyclic) bond motifs is 1. The molecule has 3 rings (SSSR count). The Bertz CT molecular complexity index is 1080. The number of carbonyl (C=O) groups excluding carboxylic acids is 1. The molecule has 1 aromatic heterocycles. The molecule has 31 heavy (non-hydrogen) atoms. The molecule has 2 N–H and O–H groups in total. The third-order valence-electron chi connectivity index (χ3n) is 5.39. The first kappa shape index (κ1) is 22.7. The van der Waals surface area contributed by atoms with E-state index in [0.717, 1.165) is 39.7 Å². The molecule has 0 bridgehead atoms. The van der Waals surface area contributed by atoms with Crippen molar-refractivity contribution in [3.05, 3.63) is 70.9 Å². The zero-order valence-corrected chi connectivity index (χ0v) is 18.9.